The summed E-state index contributed by atoms with van der Waals surface area (Å²) >= 11 is 1.63. The fourth-order valence-electron chi connectivity index (χ4n) is 2.57. The molecule has 0 aliphatic carbocycles. The molecule has 0 radical (unpaired) electrons. The van der Waals surface area contributed by atoms with E-state index in [0.717, 1.165) is 10.1 Å². The Morgan fingerprint density at radius 2 is 2.00 bits per heavy atom. The maximum atomic E-state index is 13.6. The third kappa shape index (κ3) is 4.05. The van der Waals surface area contributed by atoms with E-state index in [1.165, 1.54) is 12.1 Å². The molecule has 24 heavy (non-hydrogen) atoms. The number of fused-ring (bicyclic) bond motifs is 1. The van der Waals surface area contributed by atoms with Crippen LogP contribution in [0.5, 0.6) is 5.75 Å². The van der Waals surface area contributed by atoms with Gasteiger partial charge in [0.25, 0.3) is 0 Å². The fraction of sp³-hybridized carbons (Fsp3) is 0.222. The molecule has 0 bridgehead atoms. The number of aliphatic hydroxyl groups is 1. The number of nitrogens with one attached hydrogen (secondary N) is 1. The topological polar surface area (TPSA) is 41.5 Å². The van der Waals surface area contributed by atoms with Crippen LogP contribution in [0.3, 0.4) is 0 Å². The number of rotatable bonds is 6. The van der Waals surface area contributed by atoms with Crippen LogP contribution in [0, 0.1) is 5.82 Å². The predicted molar refractivity (Wildman–Crippen MR) is 98.8 cm³/mol. The van der Waals surface area contributed by atoms with Crippen molar-refractivity contribution in [1.29, 1.82) is 0 Å². The summed E-state index contributed by atoms with van der Waals surface area (Å²) in [4.78, 5) is 0. The molecule has 0 saturated heterocycles. The zero-order valence-corrected chi connectivity index (χ0v) is 14.7. The normalized spacial score (nSPS) is 13.3. The Bertz CT molecular complexity index is 795. The highest BCUT2D eigenvalue weighted by Crippen LogP contribution is 2.33. The molecule has 1 aromatic heterocycles. The van der Waals surface area contributed by atoms with E-state index >= 15 is 0 Å². The second kappa shape index (κ2) is 8.44. The van der Waals surface area contributed by atoms with Gasteiger partial charge in [0.2, 0.25) is 0 Å². The highest BCUT2D eigenvalue weighted by atomic mass is 35.5. The monoisotopic (exact) mass is 367 g/mol. The molecule has 3 aromatic rings. The Balaban J connectivity index is 0.00000208. The minimum absolute atomic E-state index is 0. The first-order chi connectivity index (χ1) is 11.2. The SMILES string of the molecule is CNC[C@H](O)[C@H](Oc1cccc2sccc12)c1cccc(F)c1.Cl. The Labute approximate surface area is 150 Å². The van der Waals surface area contributed by atoms with Crippen LogP contribution in [0.15, 0.2) is 53.9 Å². The van der Waals surface area contributed by atoms with Crippen molar-refractivity contribution in [3.63, 3.8) is 0 Å². The summed E-state index contributed by atoms with van der Waals surface area (Å²) in [6, 6.07) is 14.0. The number of hydrogen-bond acceptors (Lipinski definition) is 4. The lowest BCUT2D eigenvalue weighted by Gasteiger charge is -2.25. The quantitative estimate of drug-likeness (QED) is 0.687. The molecule has 0 spiro atoms. The molecule has 2 atom stereocenters. The van der Waals surface area contributed by atoms with Gasteiger partial charge in [0, 0.05) is 16.6 Å². The second-order valence-corrected chi connectivity index (χ2v) is 6.25. The van der Waals surface area contributed by atoms with E-state index in [1.807, 2.05) is 29.6 Å². The van der Waals surface area contributed by atoms with Gasteiger partial charge >= 0.3 is 0 Å². The number of thiophene rings is 1. The molecule has 0 aliphatic rings. The number of benzene rings is 2. The smallest absolute Gasteiger partial charge is 0.151 e. The molecule has 2 aromatic carbocycles. The molecule has 0 fully saturated rings. The molecule has 0 saturated carbocycles. The summed E-state index contributed by atoms with van der Waals surface area (Å²) in [5.41, 5.74) is 0.611. The zero-order chi connectivity index (χ0) is 16.2. The summed E-state index contributed by atoms with van der Waals surface area (Å²) in [7, 11) is 1.76. The summed E-state index contributed by atoms with van der Waals surface area (Å²) < 4.78 is 20.8. The van der Waals surface area contributed by atoms with Crippen LogP contribution in [0.2, 0.25) is 0 Å². The Kier molecular flexibility index (Phi) is 6.57. The number of hydrogen-bond donors (Lipinski definition) is 2. The number of ether oxygens (including phenoxy) is 1. The Morgan fingerprint density at radius 1 is 1.21 bits per heavy atom. The number of likely N-dealkylation sites (N-methyl/N-ethyl adjacent to an activating group) is 1. The van der Waals surface area contributed by atoms with E-state index < -0.39 is 12.2 Å². The average Bonchev–Trinajstić information content (AvgIpc) is 3.02. The average molecular weight is 368 g/mol. The first-order valence-electron chi connectivity index (χ1n) is 7.40. The summed E-state index contributed by atoms with van der Waals surface area (Å²) in [6.07, 6.45) is -1.45. The first-order valence-corrected chi connectivity index (χ1v) is 8.28. The lowest BCUT2D eigenvalue weighted by atomic mass is 10.0. The largest absolute Gasteiger partial charge is 0.482 e. The van der Waals surface area contributed by atoms with Crippen LogP contribution in [0.1, 0.15) is 11.7 Å². The van der Waals surface area contributed by atoms with E-state index in [-0.39, 0.29) is 18.2 Å². The van der Waals surface area contributed by atoms with Crippen LogP contribution in [-0.4, -0.2) is 24.8 Å². The summed E-state index contributed by atoms with van der Waals surface area (Å²) in [5, 5.41) is 16.4. The summed E-state index contributed by atoms with van der Waals surface area (Å²) in [6.45, 7) is 0.348. The van der Waals surface area contributed by atoms with Gasteiger partial charge in [-0.05, 0) is 48.3 Å². The van der Waals surface area contributed by atoms with Crippen LogP contribution >= 0.6 is 23.7 Å². The van der Waals surface area contributed by atoms with Crippen LogP contribution in [0.25, 0.3) is 10.1 Å². The molecule has 2 N–H and O–H groups in total. The molecular formula is C18H19ClFNO2S. The van der Waals surface area contributed by atoms with E-state index in [4.69, 9.17) is 4.74 Å². The standard InChI is InChI=1S/C18H18FNO2S.ClH/c1-20-11-15(21)18(12-4-2-5-13(19)10-12)22-16-6-3-7-17-14(16)8-9-23-17;/h2-10,15,18,20-21H,11H2,1H3;1H/t15-,18+;/m0./s1. The van der Waals surface area contributed by atoms with Gasteiger partial charge in [-0.3, -0.25) is 0 Å². The molecule has 0 amide bonds. The van der Waals surface area contributed by atoms with Crippen molar-refractivity contribution in [2.75, 3.05) is 13.6 Å². The maximum absolute atomic E-state index is 13.6. The van der Waals surface area contributed by atoms with Gasteiger partial charge in [0.1, 0.15) is 17.7 Å². The minimum atomic E-state index is -0.796. The van der Waals surface area contributed by atoms with Gasteiger partial charge in [-0.2, -0.15) is 0 Å². The first kappa shape index (κ1) is 18.7. The van der Waals surface area contributed by atoms with Crippen molar-refractivity contribution in [3.05, 3.63) is 65.3 Å². The van der Waals surface area contributed by atoms with Gasteiger partial charge in [0.15, 0.2) is 6.10 Å². The highest BCUT2D eigenvalue weighted by molar-refractivity contribution is 7.17. The molecule has 0 aliphatic heterocycles. The molecular weight excluding hydrogens is 349 g/mol. The number of aliphatic hydroxyl groups excluding tert-OH is 1. The van der Waals surface area contributed by atoms with Crippen molar-refractivity contribution < 1.29 is 14.2 Å². The van der Waals surface area contributed by atoms with Crippen LogP contribution < -0.4 is 10.1 Å². The zero-order valence-electron chi connectivity index (χ0n) is 13.1. The van der Waals surface area contributed by atoms with Crippen molar-refractivity contribution in [3.8, 4) is 5.75 Å². The maximum Gasteiger partial charge on any atom is 0.151 e. The van der Waals surface area contributed by atoms with E-state index in [0.29, 0.717) is 17.9 Å². The molecule has 3 nitrogen and oxygen atoms in total. The van der Waals surface area contributed by atoms with E-state index in [1.54, 1.807) is 30.5 Å². The van der Waals surface area contributed by atoms with Crippen molar-refractivity contribution in [2.24, 2.45) is 0 Å². The van der Waals surface area contributed by atoms with Gasteiger partial charge in [-0.25, -0.2) is 4.39 Å². The van der Waals surface area contributed by atoms with Crippen LogP contribution in [-0.2, 0) is 0 Å². The molecule has 0 unspecified atom stereocenters. The summed E-state index contributed by atoms with van der Waals surface area (Å²) in [5.74, 6) is 0.342. The van der Waals surface area contributed by atoms with Crippen molar-refractivity contribution in [1.82, 2.24) is 5.32 Å². The Hall–Kier alpha value is -1.66. The third-order valence-corrected chi connectivity index (χ3v) is 4.53. The van der Waals surface area contributed by atoms with Crippen molar-refractivity contribution >= 4 is 33.8 Å². The molecule has 128 valence electrons. The third-order valence-electron chi connectivity index (χ3n) is 3.65. The number of halogens is 2. The molecule has 1 heterocycles. The highest BCUT2D eigenvalue weighted by Gasteiger charge is 2.24. The van der Waals surface area contributed by atoms with Gasteiger partial charge in [-0.15, -0.1) is 23.7 Å². The lowest BCUT2D eigenvalue weighted by Crippen LogP contribution is -2.32. The Morgan fingerprint density at radius 3 is 2.75 bits per heavy atom. The van der Waals surface area contributed by atoms with E-state index in [9.17, 15) is 9.50 Å². The minimum Gasteiger partial charge on any atom is -0.482 e. The fourth-order valence-corrected chi connectivity index (χ4v) is 3.38. The predicted octanol–water partition coefficient (Wildman–Crippen LogP) is 4.16. The molecule has 6 heteroatoms. The lowest BCUT2D eigenvalue weighted by molar-refractivity contribution is 0.0377. The van der Waals surface area contributed by atoms with Crippen LogP contribution in [0.4, 0.5) is 4.39 Å². The van der Waals surface area contributed by atoms with Gasteiger partial charge < -0.3 is 15.2 Å². The second-order valence-electron chi connectivity index (χ2n) is 5.31. The van der Waals surface area contributed by atoms with E-state index in [2.05, 4.69) is 5.32 Å². The molecule has 3 rings (SSSR count). The van der Waals surface area contributed by atoms with Crippen molar-refractivity contribution in [2.45, 2.75) is 12.2 Å². The van der Waals surface area contributed by atoms with Gasteiger partial charge in [0.05, 0.1) is 0 Å². The van der Waals surface area contributed by atoms with Gasteiger partial charge in [-0.1, -0.05) is 18.2 Å².